The second-order valence-electron chi connectivity index (χ2n) is 3.70. The second kappa shape index (κ2) is 4.75. The molecule has 0 radical (unpaired) electrons. The van der Waals surface area contributed by atoms with Gasteiger partial charge < -0.3 is 5.73 Å². The summed E-state index contributed by atoms with van der Waals surface area (Å²) < 4.78 is 26.0. The minimum Gasteiger partial charge on any atom is -0.368 e. The minimum atomic E-state index is -0.881. The topological polar surface area (TPSA) is 51.8 Å². The molecule has 0 bridgehead atoms. The summed E-state index contributed by atoms with van der Waals surface area (Å²) in [5.41, 5.74) is 5.63. The van der Waals surface area contributed by atoms with Gasteiger partial charge in [0, 0.05) is 10.3 Å². The van der Waals surface area contributed by atoms with Crippen LogP contribution in [0.25, 0.3) is 10.2 Å². The Kier molecular flexibility index (Phi) is 3.08. The second-order valence-corrected chi connectivity index (χ2v) is 5.66. The molecular weight excluding hydrogens is 288 g/mol. The van der Waals surface area contributed by atoms with E-state index in [9.17, 15) is 8.78 Å². The zero-order chi connectivity index (χ0) is 13.4. The van der Waals surface area contributed by atoms with Crippen LogP contribution in [0.5, 0.6) is 0 Å². The number of nitrogens with zero attached hydrogens (tertiary/aromatic N) is 2. The van der Waals surface area contributed by atoms with Crippen molar-refractivity contribution in [3.8, 4) is 0 Å². The van der Waals surface area contributed by atoms with Gasteiger partial charge in [-0.3, -0.25) is 0 Å². The van der Waals surface area contributed by atoms with Crippen LogP contribution < -0.4 is 5.73 Å². The molecule has 3 nitrogen and oxygen atoms in total. The highest BCUT2D eigenvalue weighted by atomic mass is 32.2. The summed E-state index contributed by atoms with van der Waals surface area (Å²) in [5, 5.41) is 3.37. The number of fused-ring (bicyclic) bond motifs is 1. The van der Waals surface area contributed by atoms with Crippen LogP contribution in [0, 0.1) is 11.6 Å². The molecular formula is C12H7F2N3S2. The summed E-state index contributed by atoms with van der Waals surface area (Å²) >= 11 is 2.68. The van der Waals surface area contributed by atoms with E-state index in [1.807, 2.05) is 11.4 Å². The number of hydrogen-bond donors (Lipinski definition) is 1. The number of aromatic nitrogens is 2. The van der Waals surface area contributed by atoms with E-state index >= 15 is 0 Å². The number of nitrogens with two attached hydrogens (primary N) is 1. The van der Waals surface area contributed by atoms with E-state index in [0.29, 0.717) is 9.92 Å². The van der Waals surface area contributed by atoms with Crippen molar-refractivity contribution < 1.29 is 8.78 Å². The van der Waals surface area contributed by atoms with Crippen LogP contribution in [-0.2, 0) is 0 Å². The predicted molar refractivity (Wildman–Crippen MR) is 72.3 cm³/mol. The molecule has 0 saturated carbocycles. The van der Waals surface area contributed by atoms with Gasteiger partial charge in [0.05, 0.1) is 0 Å². The maximum absolute atomic E-state index is 13.2. The molecule has 0 spiro atoms. The number of rotatable bonds is 2. The quantitative estimate of drug-likeness (QED) is 0.732. The minimum absolute atomic E-state index is 0.167. The zero-order valence-corrected chi connectivity index (χ0v) is 11.1. The van der Waals surface area contributed by atoms with Gasteiger partial charge in [0.25, 0.3) is 0 Å². The molecule has 0 aliphatic carbocycles. The van der Waals surface area contributed by atoms with Crippen LogP contribution in [0.1, 0.15) is 0 Å². The number of halogens is 2. The molecule has 1 aromatic carbocycles. The molecule has 0 saturated heterocycles. The number of nitrogen functional groups attached to an aromatic ring is 1. The van der Waals surface area contributed by atoms with Crippen molar-refractivity contribution in [2.75, 3.05) is 5.73 Å². The highest BCUT2D eigenvalue weighted by Crippen LogP contribution is 2.34. The molecule has 3 rings (SSSR count). The largest absolute Gasteiger partial charge is 0.368 e. The van der Waals surface area contributed by atoms with Gasteiger partial charge in [0.2, 0.25) is 5.95 Å². The molecule has 0 aliphatic rings. The van der Waals surface area contributed by atoms with Gasteiger partial charge >= 0.3 is 0 Å². The summed E-state index contributed by atoms with van der Waals surface area (Å²) in [6.07, 6.45) is 0. The van der Waals surface area contributed by atoms with E-state index in [2.05, 4.69) is 9.97 Å². The average molecular weight is 295 g/mol. The fourth-order valence-electron chi connectivity index (χ4n) is 1.57. The first-order valence-electron chi connectivity index (χ1n) is 5.27. The zero-order valence-electron chi connectivity index (χ0n) is 9.43. The third kappa shape index (κ3) is 2.39. The van der Waals surface area contributed by atoms with Crippen molar-refractivity contribution in [1.82, 2.24) is 9.97 Å². The fraction of sp³-hybridized carbons (Fsp3) is 0. The summed E-state index contributed by atoms with van der Waals surface area (Å²) in [6, 6.07) is 5.60. The molecule has 2 N–H and O–H groups in total. The fourth-order valence-corrected chi connectivity index (χ4v) is 3.34. The molecule has 0 fully saturated rings. The van der Waals surface area contributed by atoms with Gasteiger partial charge in [-0.25, -0.2) is 18.7 Å². The first kappa shape index (κ1) is 12.3. The van der Waals surface area contributed by atoms with Crippen LogP contribution in [0.2, 0.25) is 0 Å². The Morgan fingerprint density at radius 3 is 2.74 bits per heavy atom. The summed E-state index contributed by atoms with van der Waals surface area (Å²) in [7, 11) is 0. The highest BCUT2D eigenvalue weighted by Gasteiger charge is 2.10. The molecule has 0 amide bonds. The third-order valence-electron chi connectivity index (χ3n) is 2.41. The number of thiophene rings is 1. The van der Waals surface area contributed by atoms with Crippen LogP contribution in [0.3, 0.4) is 0 Å². The monoisotopic (exact) mass is 295 g/mol. The van der Waals surface area contributed by atoms with Crippen molar-refractivity contribution in [3.05, 3.63) is 41.3 Å². The average Bonchev–Trinajstić information content (AvgIpc) is 2.82. The predicted octanol–water partition coefficient (Wildman–Crippen LogP) is 3.70. The Morgan fingerprint density at radius 1 is 1.11 bits per heavy atom. The van der Waals surface area contributed by atoms with Gasteiger partial charge in [-0.2, -0.15) is 0 Å². The van der Waals surface area contributed by atoms with E-state index in [1.165, 1.54) is 29.2 Å². The number of anilines is 1. The van der Waals surface area contributed by atoms with Gasteiger partial charge in [-0.1, -0.05) is 11.8 Å². The number of hydrogen-bond acceptors (Lipinski definition) is 5. The molecule has 0 atom stereocenters. The first-order valence-corrected chi connectivity index (χ1v) is 6.97. The van der Waals surface area contributed by atoms with Crippen molar-refractivity contribution in [1.29, 1.82) is 0 Å². The van der Waals surface area contributed by atoms with Gasteiger partial charge in [-0.15, -0.1) is 11.3 Å². The summed E-state index contributed by atoms with van der Waals surface area (Å²) in [4.78, 5) is 9.58. The van der Waals surface area contributed by atoms with Gasteiger partial charge in [-0.05, 0) is 29.6 Å². The lowest BCUT2D eigenvalue weighted by atomic mass is 10.3. The molecule has 2 aromatic heterocycles. The third-order valence-corrected chi connectivity index (χ3v) is 4.21. The summed E-state index contributed by atoms with van der Waals surface area (Å²) in [6.45, 7) is 0. The van der Waals surface area contributed by atoms with Crippen LogP contribution in [0.4, 0.5) is 14.7 Å². The van der Waals surface area contributed by atoms with E-state index < -0.39 is 11.6 Å². The van der Waals surface area contributed by atoms with E-state index in [-0.39, 0.29) is 5.95 Å². The lowest BCUT2D eigenvalue weighted by Gasteiger charge is -2.04. The maximum Gasteiger partial charge on any atom is 0.222 e. The molecule has 7 heteroatoms. The molecule has 0 aliphatic heterocycles. The Hall–Kier alpha value is -1.73. The van der Waals surface area contributed by atoms with Gasteiger partial charge in [0.1, 0.15) is 9.86 Å². The lowest BCUT2D eigenvalue weighted by molar-refractivity contribution is 0.506. The molecule has 3 aromatic rings. The standard InChI is InChI=1S/C12H7F2N3S2/c13-8-2-1-6(5-9(8)14)19-11-7-3-4-18-10(7)16-12(15)17-11/h1-5H,(H2,15,16,17). The summed E-state index contributed by atoms with van der Waals surface area (Å²) in [5.74, 6) is -1.58. The van der Waals surface area contributed by atoms with Crippen LogP contribution in [-0.4, -0.2) is 9.97 Å². The highest BCUT2D eigenvalue weighted by molar-refractivity contribution is 7.99. The van der Waals surface area contributed by atoms with Crippen LogP contribution in [0.15, 0.2) is 39.6 Å². The van der Waals surface area contributed by atoms with E-state index in [1.54, 1.807) is 0 Å². The lowest BCUT2D eigenvalue weighted by Crippen LogP contribution is -1.95. The van der Waals surface area contributed by atoms with Crippen molar-refractivity contribution >= 4 is 39.3 Å². The van der Waals surface area contributed by atoms with Gasteiger partial charge in [0.15, 0.2) is 11.6 Å². The SMILES string of the molecule is Nc1nc(Sc2ccc(F)c(F)c2)c2ccsc2n1. The number of benzene rings is 1. The van der Waals surface area contributed by atoms with Crippen molar-refractivity contribution in [3.63, 3.8) is 0 Å². The Balaban J connectivity index is 2.04. The Labute approximate surface area is 115 Å². The molecule has 0 unspecified atom stereocenters. The normalized spacial score (nSPS) is 11.1. The van der Waals surface area contributed by atoms with Crippen LogP contribution >= 0.6 is 23.1 Å². The Morgan fingerprint density at radius 2 is 1.95 bits per heavy atom. The van der Waals surface area contributed by atoms with Crippen molar-refractivity contribution in [2.45, 2.75) is 9.92 Å². The smallest absolute Gasteiger partial charge is 0.222 e. The van der Waals surface area contributed by atoms with E-state index in [4.69, 9.17) is 5.73 Å². The molecule has 96 valence electrons. The maximum atomic E-state index is 13.2. The molecule has 2 heterocycles. The first-order chi connectivity index (χ1) is 9.13. The van der Waals surface area contributed by atoms with Crippen molar-refractivity contribution in [2.24, 2.45) is 0 Å². The molecule has 19 heavy (non-hydrogen) atoms. The Bertz CT molecular complexity index is 758. The van der Waals surface area contributed by atoms with E-state index in [0.717, 1.165) is 22.3 Å².